The third-order valence-corrected chi connectivity index (χ3v) is 6.16. The molecule has 2 aliphatic rings. The number of pyridine rings is 1. The van der Waals surface area contributed by atoms with Crippen LogP contribution in [0.3, 0.4) is 0 Å². The predicted molar refractivity (Wildman–Crippen MR) is 109 cm³/mol. The van der Waals surface area contributed by atoms with Crippen molar-refractivity contribution in [3.8, 4) is 0 Å². The number of rotatable bonds is 3. The summed E-state index contributed by atoms with van der Waals surface area (Å²) < 4.78 is 34.8. The Labute approximate surface area is 174 Å². The third-order valence-electron chi connectivity index (χ3n) is 5.02. The lowest BCUT2D eigenvalue weighted by Gasteiger charge is -2.45. The first-order chi connectivity index (χ1) is 13.9. The maximum absolute atomic E-state index is 14.8. The van der Waals surface area contributed by atoms with Crippen LogP contribution >= 0.6 is 23.4 Å². The van der Waals surface area contributed by atoms with Gasteiger partial charge in [0.25, 0.3) is 5.91 Å². The third kappa shape index (κ3) is 3.82. The molecular weight excluding hydrogens is 422 g/mol. The molecule has 2 aromatic rings. The second-order valence-electron chi connectivity index (χ2n) is 6.83. The standard InChI is InChI=1S/C19H17ClF2N4O2S/c20-10-1-4-16(24-6-10)17(27)25-11-2-3-14(21)12(5-11)19-9-28-7-15(22)13(19)8-29-18(23)26-19/h1-6,13,15H,7-9H2,(H2,23,26)(H,25,27)/t13-,15-,19-/m1/s1. The van der Waals surface area contributed by atoms with Crippen LogP contribution in [0.1, 0.15) is 16.1 Å². The van der Waals surface area contributed by atoms with Crippen LogP contribution < -0.4 is 11.1 Å². The number of benzene rings is 1. The minimum atomic E-state index is -1.30. The molecule has 3 atom stereocenters. The van der Waals surface area contributed by atoms with Gasteiger partial charge in [-0.2, -0.15) is 0 Å². The molecule has 4 rings (SSSR count). The summed E-state index contributed by atoms with van der Waals surface area (Å²) in [7, 11) is 0. The fourth-order valence-corrected chi connectivity index (χ4v) is 4.76. The Bertz CT molecular complexity index is 975. The van der Waals surface area contributed by atoms with E-state index in [0.29, 0.717) is 16.5 Å². The smallest absolute Gasteiger partial charge is 0.274 e. The van der Waals surface area contributed by atoms with E-state index in [-0.39, 0.29) is 29.6 Å². The van der Waals surface area contributed by atoms with E-state index in [2.05, 4.69) is 15.3 Å². The van der Waals surface area contributed by atoms with E-state index in [1.165, 1.54) is 42.2 Å². The van der Waals surface area contributed by atoms with Gasteiger partial charge in [0, 0.05) is 29.1 Å². The van der Waals surface area contributed by atoms with Crippen LogP contribution in [-0.4, -0.2) is 41.2 Å². The first-order valence-electron chi connectivity index (χ1n) is 8.82. The van der Waals surface area contributed by atoms with E-state index in [9.17, 15) is 13.6 Å². The molecule has 1 aromatic heterocycles. The van der Waals surface area contributed by atoms with Gasteiger partial charge in [-0.05, 0) is 30.3 Å². The van der Waals surface area contributed by atoms with Crippen molar-refractivity contribution in [1.82, 2.24) is 4.98 Å². The van der Waals surface area contributed by atoms with Gasteiger partial charge < -0.3 is 15.8 Å². The topological polar surface area (TPSA) is 89.6 Å². The molecule has 3 N–H and O–H groups in total. The molecule has 1 amide bonds. The Balaban J connectivity index is 1.70. The second kappa shape index (κ2) is 7.89. The number of nitrogens with one attached hydrogen (secondary N) is 1. The minimum Gasteiger partial charge on any atom is -0.379 e. The largest absolute Gasteiger partial charge is 0.379 e. The summed E-state index contributed by atoms with van der Waals surface area (Å²) in [4.78, 5) is 20.8. The van der Waals surface area contributed by atoms with Gasteiger partial charge in [0.1, 0.15) is 23.2 Å². The zero-order valence-corrected chi connectivity index (χ0v) is 16.6. The first kappa shape index (κ1) is 20.1. The molecule has 0 saturated carbocycles. The molecule has 6 nitrogen and oxygen atoms in total. The van der Waals surface area contributed by atoms with Crippen molar-refractivity contribution in [2.24, 2.45) is 16.6 Å². The van der Waals surface area contributed by atoms with Gasteiger partial charge in [-0.25, -0.2) is 18.8 Å². The number of halogens is 3. The number of ether oxygens (including phenoxy) is 1. The molecule has 1 fully saturated rings. The summed E-state index contributed by atoms with van der Waals surface area (Å²) in [5, 5.41) is 3.32. The average molecular weight is 439 g/mol. The van der Waals surface area contributed by atoms with Crippen LogP contribution in [-0.2, 0) is 10.3 Å². The highest BCUT2D eigenvalue weighted by molar-refractivity contribution is 8.13. The van der Waals surface area contributed by atoms with E-state index >= 15 is 0 Å². The fraction of sp³-hybridized carbons (Fsp3) is 0.316. The number of thioether (sulfide) groups is 1. The molecule has 1 aromatic carbocycles. The van der Waals surface area contributed by atoms with Gasteiger partial charge in [-0.1, -0.05) is 23.4 Å². The molecule has 3 heterocycles. The first-order valence-corrected chi connectivity index (χ1v) is 10.2. The lowest BCUT2D eigenvalue weighted by atomic mass is 9.75. The van der Waals surface area contributed by atoms with Crippen LogP contribution in [0, 0.1) is 11.7 Å². The number of hydrogen-bond acceptors (Lipinski definition) is 6. The maximum Gasteiger partial charge on any atom is 0.274 e. The zero-order chi connectivity index (χ0) is 20.6. The van der Waals surface area contributed by atoms with Crippen molar-refractivity contribution in [1.29, 1.82) is 0 Å². The fourth-order valence-electron chi connectivity index (χ4n) is 3.59. The lowest BCUT2D eigenvalue weighted by molar-refractivity contribution is -0.0526. The average Bonchev–Trinajstić information content (AvgIpc) is 2.69. The quantitative estimate of drug-likeness (QED) is 0.766. The molecule has 0 aliphatic carbocycles. The summed E-state index contributed by atoms with van der Waals surface area (Å²) in [5.74, 6) is -1.28. The number of anilines is 1. The van der Waals surface area contributed by atoms with Crippen molar-refractivity contribution < 1.29 is 18.3 Å². The number of hydrogen-bond donors (Lipinski definition) is 2. The molecule has 0 radical (unpaired) electrons. The predicted octanol–water partition coefficient (Wildman–Crippen LogP) is 3.37. The highest BCUT2D eigenvalue weighted by Crippen LogP contribution is 2.46. The number of amides is 1. The van der Waals surface area contributed by atoms with Gasteiger partial charge in [0.15, 0.2) is 5.17 Å². The van der Waals surface area contributed by atoms with E-state index in [1.54, 1.807) is 6.07 Å². The Morgan fingerprint density at radius 1 is 1.38 bits per heavy atom. The van der Waals surface area contributed by atoms with Crippen LogP contribution in [0.4, 0.5) is 14.5 Å². The van der Waals surface area contributed by atoms with Crippen LogP contribution in [0.2, 0.25) is 5.02 Å². The summed E-state index contributed by atoms with van der Waals surface area (Å²) in [5.41, 5.74) is 5.22. The van der Waals surface area contributed by atoms with Crippen LogP contribution in [0.25, 0.3) is 0 Å². The normalized spacial score (nSPS) is 26.4. The Morgan fingerprint density at radius 3 is 2.97 bits per heavy atom. The molecule has 29 heavy (non-hydrogen) atoms. The number of amidine groups is 1. The number of aliphatic imine (C=N–C) groups is 1. The molecule has 0 unspecified atom stereocenters. The van der Waals surface area contributed by atoms with Gasteiger partial charge in [-0.3, -0.25) is 4.79 Å². The summed E-state index contributed by atoms with van der Waals surface area (Å²) >= 11 is 7.03. The number of aromatic nitrogens is 1. The lowest BCUT2D eigenvalue weighted by Crippen LogP contribution is -2.53. The van der Waals surface area contributed by atoms with Crippen LogP contribution in [0.5, 0.6) is 0 Å². The van der Waals surface area contributed by atoms with Gasteiger partial charge in [-0.15, -0.1) is 0 Å². The number of nitrogens with two attached hydrogens (primary N) is 1. The van der Waals surface area contributed by atoms with Crippen molar-refractivity contribution in [3.05, 3.63) is 58.6 Å². The number of fused-ring (bicyclic) bond motifs is 1. The number of nitrogens with zero attached hydrogens (tertiary/aromatic N) is 2. The van der Waals surface area contributed by atoms with Gasteiger partial charge in [0.05, 0.1) is 18.2 Å². The minimum absolute atomic E-state index is 0.00636. The van der Waals surface area contributed by atoms with E-state index in [1.807, 2.05) is 0 Å². The van der Waals surface area contributed by atoms with Crippen molar-refractivity contribution >= 4 is 40.1 Å². The summed E-state index contributed by atoms with van der Waals surface area (Å²) in [6.07, 6.45) is 0.0534. The van der Waals surface area contributed by atoms with Gasteiger partial charge >= 0.3 is 0 Å². The van der Waals surface area contributed by atoms with E-state index in [0.717, 1.165) is 0 Å². The molecule has 10 heteroatoms. The highest BCUT2D eigenvalue weighted by atomic mass is 35.5. The van der Waals surface area contributed by atoms with Crippen molar-refractivity contribution in [2.75, 3.05) is 24.3 Å². The number of alkyl halides is 1. The molecule has 0 spiro atoms. The Kier molecular flexibility index (Phi) is 5.46. The highest BCUT2D eigenvalue weighted by Gasteiger charge is 2.51. The Morgan fingerprint density at radius 2 is 2.21 bits per heavy atom. The monoisotopic (exact) mass is 438 g/mol. The summed E-state index contributed by atoms with van der Waals surface area (Å²) in [6, 6.07) is 7.09. The van der Waals surface area contributed by atoms with Crippen molar-refractivity contribution in [3.63, 3.8) is 0 Å². The number of carbonyl (C=O) groups is 1. The van der Waals surface area contributed by atoms with Crippen LogP contribution in [0.15, 0.2) is 41.5 Å². The molecule has 1 saturated heterocycles. The van der Waals surface area contributed by atoms with E-state index in [4.69, 9.17) is 22.1 Å². The zero-order valence-electron chi connectivity index (χ0n) is 15.1. The number of carbonyl (C=O) groups excluding carboxylic acids is 1. The van der Waals surface area contributed by atoms with Crippen molar-refractivity contribution in [2.45, 2.75) is 11.7 Å². The molecule has 2 aliphatic heterocycles. The SMILES string of the molecule is NC1=N[C@@]2(c3cc(NC(=O)c4ccc(Cl)cn4)ccc3F)COC[C@@H](F)[C@H]2CS1. The molecule has 152 valence electrons. The van der Waals surface area contributed by atoms with E-state index < -0.39 is 29.4 Å². The second-order valence-corrected chi connectivity index (χ2v) is 8.31. The summed E-state index contributed by atoms with van der Waals surface area (Å²) in [6.45, 7) is -0.0604. The van der Waals surface area contributed by atoms with Gasteiger partial charge in [0.2, 0.25) is 0 Å². The maximum atomic E-state index is 14.8. The Hall–Kier alpha value is -2.23. The molecular formula is C19H17ClF2N4O2S. The molecule has 0 bridgehead atoms.